The number of nitrogens with one attached hydrogen (secondary N) is 1. The van der Waals surface area contributed by atoms with Gasteiger partial charge in [0.05, 0.1) is 24.3 Å². The zero-order valence-corrected chi connectivity index (χ0v) is 11.7. The number of rotatable bonds is 5. The van der Waals surface area contributed by atoms with Crippen molar-refractivity contribution in [3.8, 4) is 5.75 Å². The minimum atomic E-state index is -1.09. The minimum Gasteiger partial charge on any atom is -0.480 e. The van der Waals surface area contributed by atoms with Gasteiger partial charge in [-0.15, -0.1) is 0 Å². The first-order chi connectivity index (χ1) is 9.93. The molecular formula is C14H18N2O5. The summed E-state index contributed by atoms with van der Waals surface area (Å²) in [5, 5.41) is 11.4. The zero-order valence-electron chi connectivity index (χ0n) is 11.7. The van der Waals surface area contributed by atoms with Crippen molar-refractivity contribution in [3.63, 3.8) is 0 Å². The molecule has 0 radical (unpaired) electrons. The SMILES string of the molecule is CC1(C(=O)Nc2ccccc2OCC(=O)O)COCC1N. The van der Waals surface area contributed by atoms with E-state index in [1.54, 1.807) is 31.2 Å². The molecule has 1 saturated heterocycles. The first kappa shape index (κ1) is 15.3. The van der Waals surface area contributed by atoms with Crippen LogP contribution in [0.2, 0.25) is 0 Å². The lowest BCUT2D eigenvalue weighted by molar-refractivity contribution is -0.139. The second kappa shape index (κ2) is 6.11. The summed E-state index contributed by atoms with van der Waals surface area (Å²) in [7, 11) is 0. The Balaban J connectivity index is 2.12. The lowest BCUT2D eigenvalue weighted by atomic mass is 9.85. The number of ether oxygens (including phenoxy) is 2. The van der Waals surface area contributed by atoms with Crippen LogP contribution in [0.3, 0.4) is 0 Å². The molecule has 114 valence electrons. The minimum absolute atomic E-state index is 0.248. The van der Waals surface area contributed by atoms with E-state index >= 15 is 0 Å². The van der Waals surface area contributed by atoms with E-state index in [2.05, 4.69) is 5.32 Å². The first-order valence-corrected chi connectivity index (χ1v) is 6.52. The molecule has 21 heavy (non-hydrogen) atoms. The molecule has 1 aromatic rings. The van der Waals surface area contributed by atoms with Gasteiger partial charge in [0, 0.05) is 6.04 Å². The highest BCUT2D eigenvalue weighted by atomic mass is 16.5. The van der Waals surface area contributed by atoms with E-state index in [4.69, 9.17) is 20.3 Å². The molecule has 0 aliphatic carbocycles. The van der Waals surface area contributed by atoms with Crippen LogP contribution < -0.4 is 15.8 Å². The Kier molecular flexibility index (Phi) is 4.44. The molecule has 0 saturated carbocycles. The second-order valence-corrected chi connectivity index (χ2v) is 5.17. The van der Waals surface area contributed by atoms with Crippen LogP contribution in [0.4, 0.5) is 5.69 Å². The molecule has 2 unspecified atom stereocenters. The molecule has 2 rings (SSSR count). The summed E-state index contributed by atoms with van der Waals surface area (Å²) in [6.07, 6.45) is 0. The van der Waals surface area contributed by atoms with Crippen LogP contribution in [0.1, 0.15) is 6.92 Å². The van der Waals surface area contributed by atoms with Gasteiger partial charge in [-0.2, -0.15) is 0 Å². The molecule has 0 spiro atoms. The molecule has 2 atom stereocenters. The summed E-state index contributed by atoms with van der Waals surface area (Å²) in [4.78, 5) is 23.0. The highest BCUT2D eigenvalue weighted by molar-refractivity contribution is 5.97. The summed E-state index contributed by atoms with van der Waals surface area (Å²) in [6.45, 7) is 1.84. The predicted molar refractivity (Wildman–Crippen MR) is 75.1 cm³/mol. The van der Waals surface area contributed by atoms with E-state index in [0.717, 1.165) is 0 Å². The molecular weight excluding hydrogens is 276 g/mol. The van der Waals surface area contributed by atoms with Crippen LogP contribution in [-0.4, -0.2) is 42.8 Å². The van der Waals surface area contributed by atoms with E-state index in [-0.39, 0.29) is 18.6 Å². The third-order valence-corrected chi connectivity index (χ3v) is 3.52. The second-order valence-electron chi connectivity index (χ2n) is 5.17. The van der Waals surface area contributed by atoms with Crippen molar-refractivity contribution >= 4 is 17.6 Å². The normalized spacial score (nSPS) is 24.6. The first-order valence-electron chi connectivity index (χ1n) is 6.52. The Bertz CT molecular complexity index is 548. The summed E-state index contributed by atoms with van der Waals surface area (Å²) in [6, 6.07) is 6.26. The van der Waals surface area contributed by atoms with E-state index in [1.165, 1.54) is 0 Å². The summed E-state index contributed by atoms with van der Waals surface area (Å²) in [5.41, 5.74) is 5.50. The summed E-state index contributed by atoms with van der Waals surface area (Å²) >= 11 is 0. The van der Waals surface area contributed by atoms with Crippen molar-refractivity contribution in [2.75, 3.05) is 25.1 Å². The average molecular weight is 294 g/mol. The molecule has 0 bridgehead atoms. The van der Waals surface area contributed by atoms with Gasteiger partial charge in [0.2, 0.25) is 5.91 Å². The maximum atomic E-state index is 12.4. The van der Waals surface area contributed by atoms with Gasteiger partial charge in [0.1, 0.15) is 5.75 Å². The fourth-order valence-corrected chi connectivity index (χ4v) is 2.02. The topological polar surface area (TPSA) is 111 Å². The Morgan fingerprint density at radius 1 is 1.52 bits per heavy atom. The van der Waals surface area contributed by atoms with Gasteiger partial charge in [0.15, 0.2) is 6.61 Å². The monoisotopic (exact) mass is 294 g/mol. The summed E-state index contributed by atoms with van der Waals surface area (Å²) < 4.78 is 10.4. The van der Waals surface area contributed by atoms with E-state index in [1.807, 2.05) is 0 Å². The third kappa shape index (κ3) is 3.32. The average Bonchev–Trinajstić information content (AvgIpc) is 2.79. The number of nitrogens with two attached hydrogens (primary N) is 1. The number of carbonyl (C=O) groups is 2. The number of para-hydroxylation sites is 2. The highest BCUT2D eigenvalue weighted by Crippen LogP contribution is 2.31. The van der Waals surface area contributed by atoms with Crippen LogP contribution in [-0.2, 0) is 14.3 Å². The summed E-state index contributed by atoms with van der Waals surface area (Å²) in [5.74, 6) is -1.07. The Hall–Kier alpha value is -2.12. The standard InChI is InChI=1S/C14H18N2O5/c1-14(8-20-6-11(14)15)13(19)16-9-4-2-3-5-10(9)21-7-12(17)18/h2-5,11H,6-8,15H2,1H3,(H,16,19)(H,17,18). The fourth-order valence-electron chi connectivity index (χ4n) is 2.02. The van der Waals surface area contributed by atoms with Crippen LogP contribution in [0.15, 0.2) is 24.3 Å². The van der Waals surface area contributed by atoms with Gasteiger partial charge in [-0.3, -0.25) is 4.79 Å². The van der Waals surface area contributed by atoms with E-state index in [0.29, 0.717) is 18.0 Å². The number of benzene rings is 1. The van der Waals surface area contributed by atoms with Gasteiger partial charge >= 0.3 is 5.97 Å². The van der Waals surface area contributed by atoms with Gasteiger partial charge in [0.25, 0.3) is 0 Å². The molecule has 1 aromatic carbocycles. The van der Waals surface area contributed by atoms with Crippen molar-refractivity contribution in [2.45, 2.75) is 13.0 Å². The number of aliphatic carboxylic acids is 1. The number of hydrogen-bond donors (Lipinski definition) is 3. The van der Waals surface area contributed by atoms with Gasteiger partial charge < -0.3 is 25.6 Å². The maximum absolute atomic E-state index is 12.4. The lowest BCUT2D eigenvalue weighted by Crippen LogP contribution is -2.47. The van der Waals surface area contributed by atoms with E-state index in [9.17, 15) is 9.59 Å². The van der Waals surface area contributed by atoms with Crippen molar-refractivity contribution in [3.05, 3.63) is 24.3 Å². The van der Waals surface area contributed by atoms with Crippen LogP contribution >= 0.6 is 0 Å². The van der Waals surface area contributed by atoms with Crippen LogP contribution in [0.5, 0.6) is 5.75 Å². The van der Waals surface area contributed by atoms with Crippen molar-refractivity contribution < 1.29 is 24.2 Å². The van der Waals surface area contributed by atoms with Crippen molar-refractivity contribution in [1.29, 1.82) is 0 Å². The molecule has 0 aromatic heterocycles. The lowest BCUT2D eigenvalue weighted by Gasteiger charge is -2.25. The number of carbonyl (C=O) groups excluding carboxylic acids is 1. The largest absolute Gasteiger partial charge is 0.480 e. The Morgan fingerprint density at radius 3 is 2.86 bits per heavy atom. The number of anilines is 1. The van der Waals surface area contributed by atoms with Crippen LogP contribution in [0.25, 0.3) is 0 Å². The van der Waals surface area contributed by atoms with Crippen molar-refractivity contribution in [2.24, 2.45) is 11.1 Å². The quantitative estimate of drug-likeness (QED) is 0.727. The molecule has 1 aliphatic rings. The smallest absolute Gasteiger partial charge is 0.341 e. The third-order valence-electron chi connectivity index (χ3n) is 3.52. The Labute approximate surface area is 122 Å². The predicted octanol–water partition coefficient (Wildman–Crippen LogP) is 0.452. The highest BCUT2D eigenvalue weighted by Gasteiger charge is 2.44. The van der Waals surface area contributed by atoms with Gasteiger partial charge in [-0.05, 0) is 19.1 Å². The van der Waals surface area contributed by atoms with Gasteiger partial charge in [-0.1, -0.05) is 12.1 Å². The molecule has 7 heteroatoms. The van der Waals surface area contributed by atoms with Crippen LogP contribution in [0, 0.1) is 5.41 Å². The molecule has 1 amide bonds. The van der Waals surface area contributed by atoms with E-state index < -0.39 is 18.0 Å². The fraction of sp³-hybridized carbons (Fsp3) is 0.429. The molecule has 4 N–H and O–H groups in total. The maximum Gasteiger partial charge on any atom is 0.341 e. The molecule has 1 fully saturated rings. The number of carboxylic acids is 1. The van der Waals surface area contributed by atoms with Gasteiger partial charge in [-0.25, -0.2) is 4.79 Å². The number of carboxylic acid groups (broad SMARTS) is 1. The van der Waals surface area contributed by atoms with Crippen molar-refractivity contribution in [1.82, 2.24) is 0 Å². The molecule has 1 heterocycles. The Morgan fingerprint density at radius 2 is 2.24 bits per heavy atom. The number of hydrogen-bond acceptors (Lipinski definition) is 5. The molecule has 1 aliphatic heterocycles. The number of amides is 1. The zero-order chi connectivity index (χ0) is 15.5. The molecule has 7 nitrogen and oxygen atoms in total.